The van der Waals surface area contributed by atoms with Gasteiger partial charge in [0, 0.05) is 23.2 Å². The van der Waals surface area contributed by atoms with Gasteiger partial charge in [-0.1, -0.05) is 28.1 Å². The molecule has 0 fully saturated rings. The van der Waals surface area contributed by atoms with Crippen LogP contribution in [0.2, 0.25) is 0 Å². The van der Waals surface area contributed by atoms with Gasteiger partial charge < -0.3 is 15.2 Å². The second-order valence-corrected chi connectivity index (χ2v) is 5.84. The fraction of sp³-hybridized carbons (Fsp3) is 0.294. The van der Waals surface area contributed by atoms with E-state index in [1.807, 2.05) is 18.2 Å². The maximum Gasteiger partial charge on any atom is 0.124 e. The molecule has 0 unspecified atom stereocenters. The average molecular weight is 368 g/mol. The van der Waals surface area contributed by atoms with Crippen LogP contribution in [0.15, 0.2) is 46.9 Å². The van der Waals surface area contributed by atoms with E-state index in [4.69, 9.17) is 9.84 Å². The molecule has 2 N–H and O–H groups in total. The highest BCUT2D eigenvalue weighted by Crippen LogP contribution is 2.24. The maximum absolute atomic E-state index is 12.9. The fourth-order valence-electron chi connectivity index (χ4n) is 2.00. The Balaban J connectivity index is 1.98. The first-order valence-corrected chi connectivity index (χ1v) is 7.95. The molecule has 0 aliphatic rings. The molecule has 2 aromatic rings. The molecule has 22 heavy (non-hydrogen) atoms. The van der Waals surface area contributed by atoms with Gasteiger partial charge in [0.1, 0.15) is 18.2 Å². The van der Waals surface area contributed by atoms with Crippen molar-refractivity contribution in [3.05, 3.63) is 63.9 Å². The summed E-state index contributed by atoms with van der Waals surface area (Å²) in [6.07, 6.45) is 0.722. The van der Waals surface area contributed by atoms with Gasteiger partial charge in [0.05, 0.1) is 0 Å². The van der Waals surface area contributed by atoms with Gasteiger partial charge in [-0.05, 0) is 48.9 Å². The Morgan fingerprint density at radius 1 is 1.14 bits per heavy atom. The van der Waals surface area contributed by atoms with Gasteiger partial charge in [-0.25, -0.2) is 4.39 Å². The van der Waals surface area contributed by atoms with Crippen LogP contribution in [-0.4, -0.2) is 18.3 Å². The maximum atomic E-state index is 12.9. The highest BCUT2D eigenvalue weighted by atomic mass is 79.9. The SMILES string of the molecule is OCCCNCc1cc(Br)ccc1OCc1ccc(F)cc1. The lowest BCUT2D eigenvalue weighted by atomic mass is 10.2. The predicted octanol–water partition coefficient (Wildman–Crippen LogP) is 3.64. The van der Waals surface area contributed by atoms with E-state index in [1.54, 1.807) is 12.1 Å². The number of hydrogen-bond acceptors (Lipinski definition) is 3. The van der Waals surface area contributed by atoms with Crippen molar-refractivity contribution in [2.45, 2.75) is 19.6 Å². The number of ether oxygens (including phenoxy) is 1. The minimum absolute atomic E-state index is 0.180. The molecular weight excluding hydrogens is 349 g/mol. The lowest BCUT2D eigenvalue weighted by Crippen LogP contribution is -2.16. The Kier molecular flexibility index (Phi) is 6.83. The van der Waals surface area contributed by atoms with Crippen LogP contribution in [-0.2, 0) is 13.2 Å². The van der Waals surface area contributed by atoms with Gasteiger partial charge in [0.15, 0.2) is 0 Å². The van der Waals surface area contributed by atoms with Crippen molar-refractivity contribution in [1.29, 1.82) is 0 Å². The first-order chi connectivity index (χ1) is 10.7. The van der Waals surface area contributed by atoms with Gasteiger partial charge in [-0.15, -0.1) is 0 Å². The second kappa shape index (κ2) is 8.88. The first-order valence-electron chi connectivity index (χ1n) is 7.16. The zero-order valence-electron chi connectivity index (χ0n) is 12.2. The molecule has 0 aliphatic carbocycles. The summed E-state index contributed by atoms with van der Waals surface area (Å²) in [4.78, 5) is 0. The highest BCUT2D eigenvalue weighted by molar-refractivity contribution is 9.10. The third-order valence-electron chi connectivity index (χ3n) is 3.16. The molecule has 5 heteroatoms. The summed E-state index contributed by atoms with van der Waals surface area (Å²) in [6, 6.07) is 12.1. The van der Waals surface area contributed by atoms with Crippen molar-refractivity contribution in [3.8, 4) is 5.75 Å². The molecule has 0 aliphatic heterocycles. The van der Waals surface area contributed by atoms with Crippen LogP contribution >= 0.6 is 15.9 Å². The number of rotatable bonds is 8. The topological polar surface area (TPSA) is 41.5 Å². The van der Waals surface area contributed by atoms with E-state index in [-0.39, 0.29) is 12.4 Å². The molecule has 2 rings (SSSR count). The Morgan fingerprint density at radius 3 is 2.64 bits per heavy atom. The van der Waals surface area contributed by atoms with Crippen LogP contribution in [0.1, 0.15) is 17.5 Å². The van der Waals surface area contributed by atoms with Crippen LogP contribution in [0.5, 0.6) is 5.75 Å². The summed E-state index contributed by atoms with van der Waals surface area (Å²) >= 11 is 3.46. The van der Waals surface area contributed by atoms with Crippen LogP contribution in [0.3, 0.4) is 0 Å². The number of aliphatic hydroxyl groups is 1. The Morgan fingerprint density at radius 2 is 1.91 bits per heavy atom. The normalized spacial score (nSPS) is 10.7. The van der Waals surface area contributed by atoms with E-state index in [2.05, 4.69) is 21.2 Å². The number of aliphatic hydroxyl groups excluding tert-OH is 1. The van der Waals surface area contributed by atoms with Gasteiger partial charge in [0.2, 0.25) is 0 Å². The third-order valence-corrected chi connectivity index (χ3v) is 3.65. The second-order valence-electron chi connectivity index (χ2n) is 4.92. The first kappa shape index (κ1) is 16.9. The van der Waals surface area contributed by atoms with Gasteiger partial charge in [-0.2, -0.15) is 0 Å². The molecule has 0 amide bonds. The lowest BCUT2D eigenvalue weighted by molar-refractivity contribution is 0.285. The number of benzene rings is 2. The third kappa shape index (κ3) is 5.40. The Hall–Kier alpha value is -1.43. The van der Waals surface area contributed by atoms with E-state index in [0.29, 0.717) is 13.2 Å². The summed E-state index contributed by atoms with van der Waals surface area (Å²) < 4.78 is 19.7. The van der Waals surface area contributed by atoms with Crippen molar-refractivity contribution >= 4 is 15.9 Å². The zero-order valence-corrected chi connectivity index (χ0v) is 13.8. The Bertz CT molecular complexity index is 590. The van der Waals surface area contributed by atoms with Crippen LogP contribution in [0, 0.1) is 5.82 Å². The minimum atomic E-state index is -0.249. The van der Waals surface area contributed by atoms with Crippen molar-refractivity contribution < 1.29 is 14.2 Å². The summed E-state index contributed by atoms with van der Waals surface area (Å²) in [7, 11) is 0. The van der Waals surface area contributed by atoms with E-state index in [9.17, 15) is 4.39 Å². The van der Waals surface area contributed by atoms with E-state index in [0.717, 1.165) is 34.3 Å². The van der Waals surface area contributed by atoms with Crippen molar-refractivity contribution in [2.24, 2.45) is 0 Å². The molecule has 0 radical (unpaired) electrons. The average Bonchev–Trinajstić information content (AvgIpc) is 2.52. The fourth-order valence-corrected chi connectivity index (χ4v) is 2.40. The van der Waals surface area contributed by atoms with Gasteiger partial charge in [0.25, 0.3) is 0 Å². The number of hydrogen-bond donors (Lipinski definition) is 2. The van der Waals surface area contributed by atoms with Crippen LogP contribution in [0.4, 0.5) is 4.39 Å². The minimum Gasteiger partial charge on any atom is -0.489 e. The zero-order chi connectivity index (χ0) is 15.8. The van der Waals surface area contributed by atoms with Crippen molar-refractivity contribution in [2.75, 3.05) is 13.2 Å². The van der Waals surface area contributed by atoms with Crippen LogP contribution in [0.25, 0.3) is 0 Å². The molecule has 0 heterocycles. The summed E-state index contributed by atoms with van der Waals surface area (Å²) in [5.41, 5.74) is 1.96. The molecule has 2 aromatic carbocycles. The molecule has 0 aromatic heterocycles. The van der Waals surface area contributed by atoms with Crippen LogP contribution < -0.4 is 10.1 Å². The molecule has 0 saturated carbocycles. The molecule has 0 saturated heterocycles. The smallest absolute Gasteiger partial charge is 0.124 e. The van der Waals surface area contributed by atoms with Gasteiger partial charge >= 0.3 is 0 Å². The van der Waals surface area contributed by atoms with E-state index < -0.39 is 0 Å². The lowest BCUT2D eigenvalue weighted by Gasteiger charge is -2.13. The van der Waals surface area contributed by atoms with Crippen molar-refractivity contribution in [1.82, 2.24) is 5.32 Å². The van der Waals surface area contributed by atoms with Gasteiger partial charge in [-0.3, -0.25) is 0 Å². The Labute approximate surface area is 138 Å². The number of halogens is 2. The number of nitrogens with one attached hydrogen (secondary N) is 1. The predicted molar refractivity (Wildman–Crippen MR) is 88.3 cm³/mol. The summed E-state index contributed by atoms with van der Waals surface area (Å²) in [6.45, 7) is 1.99. The largest absolute Gasteiger partial charge is 0.489 e. The van der Waals surface area contributed by atoms with E-state index in [1.165, 1.54) is 12.1 Å². The molecule has 3 nitrogen and oxygen atoms in total. The standard InChI is InChI=1S/C17H19BrFNO2/c18-15-4-7-17(14(10-15)11-20-8-1-9-21)22-12-13-2-5-16(19)6-3-13/h2-7,10,20-21H,1,8-9,11-12H2. The quantitative estimate of drug-likeness (QED) is 0.699. The molecule has 0 bridgehead atoms. The van der Waals surface area contributed by atoms with Crippen molar-refractivity contribution in [3.63, 3.8) is 0 Å². The summed E-state index contributed by atoms with van der Waals surface area (Å²) in [5.74, 6) is 0.546. The summed E-state index contributed by atoms with van der Waals surface area (Å²) in [5, 5.41) is 12.1. The monoisotopic (exact) mass is 367 g/mol. The van der Waals surface area contributed by atoms with E-state index >= 15 is 0 Å². The molecule has 0 spiro atoms. The molecule has 118 valence electrons. The highest BCUT2D eigenvalue weighted by Gasteiger charge is 2.05. The molecular formula is C17H19BrFNO2. The molecule has 0 atom stereocenters.